The van der Waals surface area contributed by atoms with Crippen LogP contribution in [0.2, 0.25) is 0 Å². The van der Waals surface area contributed by atoms with Gasteiger partial charge in [0.2, 0.25) is 5.91 Å². The van der Waals surface area contributed by atoms with Crippen molar-refractivity contribution in [2.45, 2.75) is 19.4 Å². The first-order chi connectivity index (χ1) is 9.65. The molecule has 0 fully saturated rings. The smallest absolute Gasteiger partial charge is 0.335 e. The summed E-state index contributed by atoms with van der Waals surface area (Å²) >= 11 is 0. The van der Waals surface area contributed by atoms with Crippen molar-refractivity contribution in [3.05, 3.63) is 53.5 Å². The largest absolute Gasteiger partial charge is 0.478 e. The van der Waals surface area contributed by atoms with Crippen LogP contribution in [-0.4, -0.2) is 17.0 Å². The minimum absolute atomic E-state index is 0.0250. The molecule has 1 aliphatic rings. The van der Waals surface area contributed by atoms with Gasteiger partial charge in [-0.05, 0) is 42.3 Å². The SMILES string of the molecule is O=C(O)c1ccc2c(c1)CCC(=O)N2Cc1ccco1. The number of nitrogens with zero attached hydrogens (tertiary/aromatic N) is 1. The van der Waals surface area contributed by atoms with Crippen LogP contribution in [-0.2, 0) is 17.8 Å². The van der Waals surface area contributed by atoms with E-state index in [1.165, 1.54) is 6.07 Å². The molecule has 20 heavy (non-hydrogen) atoms. The molecular weight excluding hydrogens is 258 g/mol. The third kappa shape index (κ3) is 2.18. The number of benzene rings is 1. The molecule has 1 aromatic heterocycles. The summed E-state index contributed by atoms with van der Waals surface area (Å²) in [5.74, 6) is -0.229. The van der Waals surface area contributed by atoms with Crippen molar-refractivity contribution in [2.75, 3.05) is 4.90 Å². The van der Waals surface area contributed by atoms with Gasteiger partial charge in [0.15, 0.2) is 0 Å². The average molecular weight is 271 g/mol. The van der Waals surface area contributed by atoms with Gasteiger partial charge >= 0.3 is 5.97 Å². The maximum atomic E-state index is 12.1. The highest BCUT2D eigenvalue weighted by atomic mass is 16.4. The van der Waals surface area contributed by atoms with Crippen molar-refractivity contribution in [1.29, 1.82) is 0 Å². The van der Waals surface area contributed by atoms with Crippen LogP contribution in [0.25, 0.3) is 0 Å². The minimum atomic E-state index is -0.956. The number of carbonyl (C=O) groups excluding carboxylic acids is 1. The number of hydrogen-bond donors (Lipinski definition) is 1. The Kier molecular flexibility index (Phi) is 3.02. The fourth-order valence-electron chi connectivity index (χ4n) is 2.42. The van der Waals surface area contributed by atoms with Gasteiger partial charge in [-0.2, -0.15) is 0 Å². The zero-order valence-electron chi connectivity index (χ0n) is 10.7. The molecule has 2 heterocycles. The molecule has 3 rings (SSSR count). The second kappa shape index (κ2) is 4.85. The third-order valence-electron chi connectivity index (χ3n) is 3.42. The summed E-state index contributed by atoms with van der Waals surface area (Å²) in [7, 11) is 0. The van der Waals surface area contributed by atoms with E-state index in [4.69, 9.17) is 9.52 Å². The Labute approximate surface area is 115 Å². The van der Waals surface area contributed by atoms with Crippen LogP contribution in [0.1, 0.15) is 28.1 Å². The summed E-state index contributed by atoms with van der Waals surface area (Å²) in [6.45, 7) is 0.366. The zero-order chi connectivity index (χ0) is 14.1. The second-order valence-corrected chi connectivity index (χ2v) is 4.71. The fraction of sp³-hybridized carbons (Fsp3) is 0.200. The quantitative estimate of drug-likeness (QED) is 0.930. The maximum absolute atomic E-state index is 12.1. The predicted octanol–water partition coefficient (Wildman–Crippen LogP) is 2.46. The van der Waals surface area contributed by atoms with Gasteiger partial charge in [-0.15, -0.1) is 0 Å². The monoisotopic (exact) mass is 271 g/mol. The fourth-order valence-corrected chi connectivity index (χ4v) is 2.42. The lowest BCUT2D eigenvalue weighted by Gasteiger charge is -2.29. The summed E-state index contributed by atoms with van der Waals surface area (Å²) in [6, 6.07) is 8.44. The van der Waals surface area contributed by atoms with Gasteiger partial charge in [-0.25, -0.2) is 4.79 Å². The average Bonchev–Trinajstić information content (AvgIpc) is 2.94. The molecule has 0 bridgehead atoms. The molecule has 0 radical (unpaired) electrons. The number of hydrogen-bond acceptors (Lipinski definition) is 3. The van der Waals surface area contributed by atoms with Crippen molar-refractivity contribution in [2.24, 2.45) is 0 Å². The van der Waals surface area contributed by atoms with E-state index in [-0.39, 0.29) is 11.5 Å². The lowest BCUT2D eigenvalue weighted by molar-refractivity contribution is -0.119. The Morgan fingerprint density at radius 1 is 1.30 bits per heavy atom. The van der Waals surface area contributed by atoms with E-state index in [0.717, 1.165) is 11.3 Å². The van der Waals surface area contributed by atoms with E-state index in [1.807, 2.05) is 6.07 Å². The predicted molar refractivity (Wildman–Crippen MR) is 71.6 cm³/mol. The molecule has 1 N–H and O–H groups in total. The summed E-state index contributed by atoms with van der Waals surface area (Å²) in [4.78, 5) is 24.7. The number of carboxylic acid groups (broad SMARTS) is 1. The Morgan fingerprint density at radius 2 is 2.15 bits per heavy atom. The molecule has 0 saturated carbocycles. The molecule has 5 heteroatoms. The molecule has 0 atom stereocenters. The molecule has 0 unspecified atom stereocenters. The summed E-state index contributed by atoms with van der Waals surface area (Å²) in [5.41, 5.74) is 1.90. The van der Waals surface area contributed by atoms with Crippen LogP contribution in [0.15, 0.2) is 41.0 Å². The maximum Gasteiger partial charge on any atom is 0.335 e. The van der Waals surface area contributed by atoms with Crippen LogP contribution in [0.4, 0.5) is 5.69 Å². The van der Waals surface area contributed by atoms with Crippen LogP contribution in [0.5, 0.6) is 0 Å². The first-order valence-electron chi connectivity index (χ1n) is 6.34. The molecule has 1 aromatic carbocycles. The van der Waals surface area contributed by atoms with Crippen molar-refractivity contribution in [3.63, 3.8) is 0 Å². The minimum Gasteiger partial charge on any atom is -0.478 e. The van der Waals surface area contributed by atoms with Gasteiger partial charge in [0.25, 0.3) is 0 Å². The Morgan fingerprint density at radius 3 is 2.85 bits per heavy atom. The Balaban J connectivity index is 1.96. The molecule has 1 aliphatic heterocycles. The molecule has 2 aromatic rings. The lowest BCUT2D eigenvalue weighted by atomic mass is 9.98. The summed E-state index contributed by atoms with van der Waals surface area (Å²) < 4.78 is 5.27. The molecule has 0 saturated heterocycles. The van der Waals surface area contributed by atoms with Gasteiger partial charge < -0.3 is 14.4 Å². The topological polar surface area (TPSA) is 70.8 Å². The molecule has 5 nitrogen and oxygen atoms in total. The van der Waals surface area contributed by atoms with Crippen molar-refractivity contribution >= 4 is 17.6 Å². The summed E-state index contributed by atoms with van der Waals surface area (Å²) in [6.07, 6.45) is 2.53. The number of rotatable bonds is 3. The van der Waals surface area contributed by atoms with E-state index in [0.29, 0.717) is 25.1 Å². The van der Waals surface area contributed by atoms with E-state index in [2.05, 4.69) is 0 Å². The third-order valence-corrected chi connectivity index (χ3v) is 3.42. The number of amides is 1. The van der Waals surface area contributed by atoms with Gasteiger partial charge in [0, 0.05) is 12.1 Å². The van der Waals surface area contributed by atoms with Crippen LogP contribution in [0, 0.1) is 0 Å². The summed E-state index contributed by atoms with van der Waals surface area (Å²) in [5, 5.41) is 9.02. The molecule has 1 amide bonds. The number of carboxylic acids is 1. The lowest BCUT2D eigenvalue weighted by Crippen LogP contribution is -2.34. The Bertz CT molecular complexity index is 661. The van der Waals surface area contributed by atoms with Crippen LogP contribution < -0.4 is 4.90 Å². The van der Waals surface area contributed by atoms with E-state index in [9.17, 15) is 9.59 Å². The van der Waals surface area contributed by atoms with E-state index < -0.39 is 5.97 Å². The number of carbonyl (C=O) groups is 2. The highest BCUT2D eigenvalue weighted by molar-refractivity contribution is 5.97. The van der Waals surface area contributed by atoms with Crippen LogP contribution in [0.3, 0.4) is 0 Å². The van der Waals surface area contributed by atoms with Gasteiger partial charge in [0.05, 0.1) is 18.4 Å². The first kappa shape index (κ1) is 12.5. The number of aryl methyl sites for hydroxylation is 1. The van der Waals surface area contributed by atoms with Gasteiger partial charge in [-0.3, -0.25) is 4.79 Å². The number of aromatic carboxylic acids is 1. The molecule has 0 aliphatic carbocycles. The standard InChI is InChI=1S/C15H13NO4/c17-14-6-4-10-8-11(15(18)19)3-5-13(10)16(14)9-12-2-1-7-20-12/h1-3,5,7-8H,4,6,9H2,(H,18,19). The highest BCUT2D eigenvalue weighted by Gasteiger charge is 2.25. The molecule has 0 spiro atoms. The number of anilines is 1. The first-order valence-corrected chi connectivity index (χ1v) is 6.34. The molecule has 102 valence electrons. The van der Waals surface area contributed by atoms with Crippen molar-refractivity contribution in [3.8, 4) is 0 Å². The van der Waals surface area contributed by atoms with Crippen molar-refractivity contribution < 1.29 is 19.1 Å². The number of fused-ring (bicyclic) bond motifs is 1. The molecular formula is C15H13NO4. The zero-order valence-corrected chi connectivity index (χ0v) is 10.7. The normalized spacial score (nSPS) is 14.2. The number of furan rings is 1. The highest BCUT2D eigenvalue weighted by Crippen LogP contribution is 2.30. The second-order valence-electron chi connectivity index (χ2n) is 4.71. The van der Waals surface area contributed by atoms with E-state index in [1.54, 1.807) is 29.4 Å². The van der Waals surface area contributed by atoms with Gasteiger partial charge in [0.1, 0.15) is 5.76 Å². The van der Waals surface area contributed by atoms with Crippen molar-refractivity contribution in [1.82, 2.24) is 0 Å². The van der Waals surface area contributed by atoms with E-state index >= 15 is 0 Å². The van der Waals surface area contributed by atoms with Crippen LogP contribution >= 0.6 is 0 Å². The Hall–Kier alpha value is -2.56. The van der Waals surface area contributed by atoms with Gasteiger partial charge in [-0.1, -0.05) is 0 Å².